The van der Waals surface area contributed by atoms with Gasteiger partial charge in [0.05, 0.1) is 13.0 Å². The molecule has 0 aliphatic rings. The van der Waals surface area contributed by atoms with Crippen molar-refractivity contribution in [2.75, 3.05) is 13.2 Å². The number of carbonyl (C=O) groups excluding carboxylic acids is 2. The third-order valence-electron chi connectivity index (χ3n) is 2.69. The van der Waals surface area contributed by atoms with E-state index < -0.39 is 52.2 Å². The largest absolute Gasteiger partial charge is 0.466 e. The van der Waals surface area contributed by atoms with E-state index in [0.717, 1.165) is 0 Å². The summed E-state index contributed by atoms with van der Waals surface area (Å²) < 4.78 is 104. The van der Waals surface area contributed by atoms with Crippen molar-refractivity contribution in [2.45, 2.75) is 37.0 Å². The maximum Gasteiger partial charge on any atom is 0.466 e. The number of ether oxygens (including phenoxy) is 2. The van der Waals surface area contributed by atoms with Crippen LogP contribution in [0.3, 0.4) is 0 Å². The van der Waals surface area contributed by atoms with Crippen LogP contribution in [-0.4, -0.2) is 55.2 Å². The van der Waals surface area contributed by atoms with Crippen molar-refractivity contribution >= 4 is 22.0 Å². The summed E-state index contributed by atoms with van der Waals surface area (Å²) in [5, 5.41) is -3.12. The molecule has 152 valence electrons. The van der Waals surface area contributed by atoms with Crippen molar-refractivity contribution in [3.05, 3.63) is 12.7 Å². The lowest BCUT2D eigenvalue weighted by molar-refractivity contribution is -0.347. The Kier molecular flexibility index (Phi) is 8.12. The van der Waals surface area contributed by atoms with Gasteiger partial charge in [-0.2, -0.15) is 30.4 Å². The van der Waals surface area contributed by atoms with Crippen molar-refractivity contribution in [2.24, 2.45) is 0 Å². The van der Waals surface area contributed by atoms with Crippen molar-refractivity contribution in [3.63, 3.8) is 0 Å². The number of alkyl halides is 5. The molecule has 0 saturated heterocycles. The molecule has 2 N–H and O–H groups in total. The molecule has 0 aliphatic carbocycles. The molecule has 0 fully saturated rings. The normalized spacial score (nSPS) is 15.0. The molecule has 0 rings (SSSR count). The van der Waals surface area contributed by atoms with Gasteiger partial charge in [-0.25, -0.2) is 4.79 Å². The predicted octanol–water partition coefficient (Wildman–Crippen LogP) is 1.39. The van der Waals surface area contributed by atoms with Gasteiger partial charge < -0.3 is 14.8 Å². The summed E-state index contributed by atoms with van der Waals surface area (Å²) in [5.41, 5.74) is 0. The van der Waals surface area contributed by atoms with Crippen LogP contribution in [0.1, 0.15) is 19.8 Å². The van der Waals surface area contributed by atoms with Crippen LogP contribution in [0.15, 0.2) is 12.7 Å². The highest BCUT2D eigenvalue weighted by atomic mass is 32.2. The molecule has 0 heterocycles. The lowest BCUT2D eigenvalue weighted by atomic mass is 10.2. The van der Waals surface area contributed by atoms with E-state index in [1.807, 2.05) is 0 Å². The van der Waals surface area contributed by atoms with E-state index in [1.54, 1.807) is 5.32 Å². The van der Waals surface area contributed by atoms with Gasteiger partial charge in [0.1, 0.15) is 0 Å². The summed E-state index contributed by atoms with van der Waals surface area (Å²) in [6, 6.07) is 0. The lowest BCUT2D eigenvalue weighted by Crippen LogP contribution is -2.61. The zero-order chi connectivity index (χ0) is 20.8. The number of hydrogen-bond acceptors (Lipinski definition) is 6. The number of hydrogen-bond donors (Lipinski definition) is 2. The van der Waals surface area contributed by atoms with Crippen molar-refractivity contribution in [1.29, 1.82) is 0 Å². The summed E-state index contributed by atoms with van der Waals surface area (Å²) in [6.45, 7) is 2.31. The third-order valence-corrected chi connectivity index (χ3v) is 3.65. The number of nitrogens with one attached hydrogen (secondary N) is 1. The lowest BCUT2D eigenvalue weighted by Gasteiger charge is -2.33. The summed E-state index contributed by atoms with van der Waals surface area (Å²) >= 11 is 0. The first-order chi connectivity index (χ1) is 11.6. The second-order valence-corrected chi connectivity index (χ2v) is 6.25. The van der Waals surface area contributed by atoms with Crippen LogP contribution >= 0.6 is 0 Å². The maximum atomic E-state index is 13.4. The molecule has 0 radical (unpaired) electrons. The third kappa shape index (κ3) is 5.88. The number of esters is 1. The molecule has 0 aromatic heterocycles. The molecular weight excluding hydrogens is 397 g/mol. The average Bonchev–Trinajstić information content (AvgIpc) is 2.48. The van der Waals surface area contributed by atoms with E-state index in [1.165, 1.54) is 6.92 Å². The first-order valence-electron chi connectivity index (χ1n) is 6.84. The van der Waals surface area contributed by atoms with Gasteiger partial charge in [-0.05, 0) is 6.42 Å². The standard InChI is InChI=1S/C12H16F5NO7S/c1-3-6-18-9(20)11(12(15,16)17,25-8(19)4-2)24-7-5-10(13,14)26(21,22)23/h4H,2-3,5-7H2,1H3,(H,18,20)(H,21,22,23). The minimum atomic E-state index is -5.94. The summed E-state index contributed by atoms with van der Waals surface area (Å²) in [7, 11) is -5.94. The highest BCUT2D eigenvalue weighted by Crippen LogP contribution is 2.37. The number of carbonyl (C=O) groups is 2. The summed E-state index contributed by atoms with van der Waals surface area (Å²) in [4.78, 5) is 23.0. The van der Waals surface area contributed by atoms with Gasteiger partial charge in [0, 0.05) is 12.6 Å². The fourth-order valence-electron chi connectivity index (χ4n) is 1.39. The van der Waals surface area contributed by atoms with Gasteiger partial charge in [-0.3, -0.25) is 9.35 Å². The highest BCUT2D eigenvalue weighted by molar-refractivity contribution is 7.86. The van der Waals surface area contributed by atoms with Crippen molar-refractivity contribution in [1.82, 2.24) is 5.32 Å². The Balaban J connectivity index is 5.71. The van der Waals surface area contributed by atoms with Gasteiger partial charge in [0.15, 0.2) is 0 Å². The molecule has 8 nitrogen and oxygen atoms in total. The van der Waals surface area contributed by atoms with Gasteiger partial charge in [0.25, 0.3) is 0 Å². The highest BCUT2D eigenvalue weighted by Gasteiger charge is 2.66. The summed E-state index contributed by atoms with van der Waals surface area (Å²) in [5.74, 6) is -8.09. The molecule has 1 atom stereocenters. The Hall–Kier alpha value is -1.80. The molecule has 0 spiro atoms. The Morgan fingerprint density at radius 1 is 1.23 bits per heavy atom. The van der Waals surface area contributed by atoms with E-state index in [9.17, 15) is 40.0 Å². The molecule has 14 heteroatoms. The molecule has 0 aromatic rings. The Bertz CT molecular complexity index is 634. The van der Waals surface area contributed by atoms with E-state index in [-0.39, 0.29) is 19.0 Å². The molecule has 1 amide bonds. The van der Waals surface area contributed by atoms with Gasteiger partial charge in [0.2, 0.25) is 0 Å². The van der Waals surface area contributed by atoms with Gasteiger partial charge in [-0.1, -0.05) is 13.5 Å². The SMILES string of the molecule is C=CC(=O)OC(OCCC(F)(F)S(=O)(=O)O)(C(=O)NCCC)C(F)(F)F. The van der Waals surface area contributed by atoms with Gasteiger partial charge >= 0.3 is 39.2 Å². The molecule has 0 bridgehead atoms. The van der Waals surface area contributed by atoms with Crippen LogP contribution in [0.25, 0.3) is 0 Å². The second kappa shape index (κ2) is 8.73. The van der Waals surface area contributed by atoms with Gasteiger partial charge in [-0.15, -0.1) is 0 Å². The second-order valence-electron chi connectivity index (χ2n) is 4.71. The molecule has 0 aromatic carbocycles. The molecule has 0 aliphatic heterocycles. The molecule has 0 saturated carbocycles. The van der Waals surface area contributed by atoms with Crippen LogP contribution in [0.2, 0.25) is 0 Å². The fourth-order valence-corrected chi connectivity index (χ4v) is 1.73. The van der Waals surface area contributed by atoms with E-state index in [2.05, 4.69) is 16.1 Å². The van der Waals surface area contributed by atoms with Crippen molar-refractivity contribution in [3.8, 4) is 0 Å². The number of rotatable bonds is 10. The number of amides is 1. The van der Waals surface area contributed by atoms with Crippen LogP contribution in [0.4, 0.5) is 22.0 Å². The quantitative estimate of drug-likeness (QED) is 0.183. The van der Waals surface area contributed by atoms with Crippen LogP contribution in [0.5, 0.6) is 0 Å². The predicted molar refractivity (Wildman–Crippen MR) is 75.4 cm³/mol. The summed E-state index contributed by atoms with van der Waals surface area (Å²) in [6.07, 6.45) is -7.22. The fraction of sp³-hybridized carbons (Fsp3) is 0.667. The van der Waals surface area contributed by atoms with Crippen LogP contribution in [0, 0.1) is 0 Å². The molecule has 26 heavy (non-hydrogen) atoms. The minimum absolute atomic E-state index is 0.176. The zero-order valence-electron chi connectivity index (χ0n) is 13.3. The Labute approximate surface area is 145 Å². The van der Waals surface area contributed by atoms with E-state index >= 15 is 0 Å². The molecular formula is C12H16F5NO7S. The topological polar surface area (TPSA) is 119 Å². The zero-order valence-corrected chi connectivity index (χ0v) is 14.1. The first-order valence-corrected chi connectivity index (χ1v) is 8.28. The van der Waals surface area contributed by atoms with Crippen LogP contribution < -0.4 is 5.32 Å². The maximum absolute atomic E-state index is 13.4. The van der Waals surface area contributed by atoms with E-state index in [0.29, 0.717) is 0 Å². The number of halogens is 5. The first kappa shape index (κ1) is 24.2. The van der Waals surface area contributed by atoms with E-state index in [4.69, 9.17) is 4.55 Å². The van der Waals surface area contributed by atoms with Crippen molar-refractivity contribution < 1.29 is 54.0 Å². The monoisotopic (exact) mass is 413 g/mol. The Morgan fingerprint density at radius 3 is 2.15 bits per heavy atom. The molecule has 1 unspecified atom stereocenters. The Morgan fingerprint density at radius 2 is 1.77 bits per heavy atom. The average molecular weight is 413 g/mol. The minimum Gasteiger partial charge on any atom is -0.412 e. The van der Waals surface area contributed by atoms with Crippen LogP contribution in [-0.2, 0) is 29.2 Å². The smallest absolute Gasteiger partial charge is 0.412 e.